The average Bonchev–Trinajstić information content (AvgIpc) is 2.79. The maximum Gasteiger partial charge on any atom is 0.197 e. The molecule has 1 aromatic carbocycles. The van der Waals surface area contributed by atoms with E-state index in [1.165, 1.54) is 0 Å². The zero-order valence-corrected chi connectivity index (χ0v) is 11.8. The number of halogens is 1. The highest BCUT2D eigenvalue weighted by molar-refractivity contribution is 14.1. The molecule has 18 heavy (non-hydrogen) atoms. The molecule has 0 aliphatic carbocycles. The smallest absolute Gasteiger partial charge is 0.197 e. The summed E-state index contributed by atoms with van der Waals surface area (Å²) in [6.07, 6.45) is 0. The van der Waals surface area contributed by atoms with Gasteiger partial charge in [0.25, 0.3) is 0 Å². The summed E-state index contributed by atoms with van der Waals surface area (Å²) in [4.78, 5) is 8.67. The Labute approximate surface area is 117 Å². The van der Waals surface area contributed by atoms with Gasteiger partial charge < -0.3 is 10.2 Å². The van der Waals surface area contributed by atoms with Crippen LogP contribution in [-0.4, -0.2) is 9.97 Å². The van der Waals surface area contributed by atoms with E-state index >= 15 is 0 Å². The normalized spacial score (nSPS) is 11.0. The fraction of sp³-hybridized carbons (Fsp3) is 0.0769. The molecule has 5 heteroatoms. The molecule has 0 amide bonds. The molecule has 0 saturated heterocycles. The molecule has 3 aromatic rings. The average molecular weight is 351 g/mol. The predicted molar refractivity (Wildman–Crippen MR) is 79.1 cm³/mol. The second-order valence-electron chi connectivity index (χ2n) is 3.98. The van der Waals surface area contributed by atoms with Gasteiger partial charge in [-0.25, -0.2) is 9.97 Å². The number of nitrogens with two attached hydrogens (primary N) is 1. The van der Waals surface area contributed by atoms with Gasteiger partial charge in [-0.05, 0) is 41.6 Å². The number of hydrogen-bond acceptors (Lipinski definition) is 4. The molecule has 2 heterocycles. The van der Waals surface area contributed by atoms with Crippen molar-refractivity contribution in [3.8, 4) is 11.6 Å². The Balaban J connectivity index is 2.20. The van der Waals surface area contributed by atoms with E-state index in [9.17, 15) is 0 Å². The largest absolute Gasteiger partial charge is 0.453 e. The van der Waals surface area contributed by atoms with Gasteiger partial charge in [-0.15, -0.1) is 0 Å². The topological polar surface area (TPSA) is 64.9 Å². The number of fused-ring (bicyclic) bond motifs is 1. The van der Waals surface area contributed by atoms with Gasteiger partial charge in [0, 0.05) is 5.39 Å². The molecule has 90 valence electrons. The zero-order chi connectivity index (χ0) is 12.7. The first-order valence-corrected chi connectivity index (χ1v) is 6.51. The summed E-state index contributed by atoms with van der Waals surface area (Å²) >= 11 is 2.14. The summed E-state index contributed by atoms with van der Waals surface area (Å²) in [6, 6.07) is 9.74. The molecular formula is C13H10IN3O. The van der Waals surface area contributed by atoms with E-state index in [0.717, 1.165) is 20.2 Å². The van der Waals surface area contributed by atoms with Crippen molar-refractivity contribution < 1.29 is 4.42 Å². The Hall–Kier alpha value is -1.63. The first-order valence-electron chi connectivity index (χ1n) is 5.44. The maximum absolute atomic E-state index is 5.85. The molecule has 3 rings (SSSR count). The zero-order valence-electron chi connectivity index (χ0n) is 9.64. The standard InChI is InChI=1S/C13H10IN3O/c1-7-11(14)12(15)17-13(16-7)10-6-8-4-2-3-5-9(8)18-10/h2-6H,1H3,(H2,15,16,17). The number of nitrogens with zero attached hydrogens (tertiary/aromatic N) is 2. The minimum atomic E-state index is 0.485. The summed E-state index contributed by atoms with van der Waals surface area (Å²) in [6.45, 7) is 1.91. The van der Waals surface area contributed by atoms with E-state index < -0.39 is 0 Å². The van der Waals surface area contributed by atoms with E-state index in [4.69, 9.17) is 10.2 Å². The van der Waals surface area contributed by atoms with Crippen molar-refractivity contribution in [1.82, 2.24) is 9.97 Å². The van der Waals surface area contributed by atoms with Crippen molar-refractivity contribution in [2.75, 3.05) is 5.73 Å². The minimum absolute atomic E-state index is 0.485. The van der Waals surface area contributed by atoms with E-state index in [2.05, 4.69) is 32.6 Å². The highest BCUT2D eigenvalue weighted by atomic mass is 127. The molecule has 0 atom stereocenters. The van der Waals surface area contributed by atoms with Crippen LogP contribution in [-0.2, 0) is 0 Å². The van der Waals surface area contributed by atoms with Crippen LogP contribution in [0.4, 0.5) is 5.82 Å². The molecule has 2 aromatic heterocycles. The Morgan fingerprint density at radius 2 is 2.00 bits per heavy atom. The van der Waals surface area contributed by atoms with Crippen LogP contribution in [0, 0.1) is 10.5 Å². The van der Waals surface area contributed by atoms with Gasteiger partial charge in [-0.2, -0.15) is 0 Å². The molecule has 0 fully saturated rings. The van der Waals surface area contributed by atoms with Gasteiger partial charge in [0.2, 0.25) is 0 Å². The second kappa shape index (κ2) is 4.24. The number of aryl methyl sites for hydroxylation is 1. The molecule has 2 N–H and O–H groups in total. The number of aromatic nitrogens is 2. The molecule has 0 spiro atoms. The highest BCUT2D eigenvalue weighted by Gasteiger charge is 2.12. The molecule has 0 unspecified atom stereocenters. The minimum Gasteiger partial charge on any atom is -0.453 e. The number of hydrogen-bond donors (Lipinski definition) is 1. The number of nitrogen functional groups attached to an aromatic ring is 1. The van der Waals surface area contributed by atoms with Gasteiger partial charge in [0.1, 0.15) is 11.4 Å². The first kappa shape index (κ1) is 11.5. The van der Waals surface area contributed by atoms with Gasteiger partial charge in [0.15, 0.2) is 11.6 Å². The van der Waals surface area contributed by atoms with Crippen molar-refractivity contribution in [3.05, 3.63) is 39.6 Å². The van der Waals surface area contributed by atoms with Crippen LogP contribution in [0.1, 0.15) is 5.69 Å². The van der Waals surface area contributed by atoms with Crippen LogP contribution in [0.2, 0.25) is 0 Å². The van der Waals surface area contributed by atoms with Crippen LogP contribution < -0.4 is 5.73 Å². The molecule has 0 bridgehead atoms. The predicted octanol–water partition coefficient (Wildman–Crippen LogP) is 3.39. The van der Waals surface area contributed by atoms with E-state index in [1.54, 1.807) is 0 Å². The fourth-order valence-electron chi connectivity index (χ4n) is 1.78. The summed E-state index contributed by atoms with van der Waals surface area (Å²) in [5.41, 5.74) is 7.54. The number of anilines is 1. The third kappa shape index (κ3) is 1.84. The van der Waals surface area contributed by atoms with Crippen molar-refractivity contribution in [1.29, 1.82) is 0 Å². The lowest BCUT2D eigenvalue weighted by molar-refractivity contribution is 0.625. The van der Waals surface area contributed by atoms with Crippen molar-refractivity contribution in [2.24, 2.45) is 0 Å². The highest BCUT2D eigenvalue weighted by Crippen LogP contribution is 2.27. The van der Waals surface area contributed by atoms with Crippen LogP contribution in [0.25, 0.3) is 22.6 Å². The van der Waals surface area contributed by atoms with Gasteiger partial charge in [-0.3, -0.25) is 0 Å². The Morgan fingerprint density at radius 3 is 2.72 bits per heavy atom. The molecule has 0 saturated carbocycles. The Bertz CT molecular complexity index is 680. The number of benzene rings is 1. The Kier molecular flexibility index (Phi) is 2.70. The van der Waals surface area contributed by atoms with Crippen molar-refractivity contribution in [3.63, 3.8) is 0 Å². The molecular weight excluding hydrogens is 341 g/mol. The number of furan rings is 1. The van der Waals surface area contributed by atoms with E-state index in [1.807, 2.05) is 37.3 Å². The van der Waals surface area contributed by atoms with E-state index in [0.29, 0.717) is 17.4 Å². The SMILES string of the molecule is Cc1nc(-c2cc3ccccc3o2)nc(N)c1I. The fourth-order valence-corrected chi connectivity index (χ4v) is 2.02. The molecule has 0 radical (unpaired) electrons. The monoisotopic (exact) mass is 351 g/mol. The second-order valence-corrected chi connectivity index (χ2v) is 5.06. The summed E-state index contributed by atoms with van der Waals surface area (Å²) in [7, 11) is 0. The first-order chi connectivity index (χ1) is 8.65. The molecule has 0 aliphatic heterocycles. The van der Waals surface area contributed by atoms with Crippen LogP contribution >= 0.6 is 22.6 Å². The quantitative estimate of drug-likeness (QED) is 0.683. The lowest BCUT2D eigenvalue weighted by Gasteiger charge is -2.03. The number of para-hydroxylation sites is 1. The Morgan fingerprint density at radius 1 is 1.22 bits per heavy atom. The van der Waals surface area contributed by atoms with Crippen molar-refractivity contribution in [2.45, 2.75) is 6.92 Å². The lowest BCUT2D eigenvalue weighted by atomic mass is 10.2. The van der Waals surface area contributed by atoms with Gasteiger partial charge >= 0.3 is 0 Å². The molecule has 4 nitrogen and oxygen atoms in total. The third-order valence-corrected chi connectivity index (χ3v) is 4.02. The number of rotatable bonds is 1. The van der Waals surface area contributed by atoms with Crippen LogP contribution in [0.15, 0.2) is 34.7 Å². The lowest BCUT2D eigenvalue weighted by Crippen LogP contribution is -2.01. The third-order valence-electron chi connectivity index (χ3n) is 2.69. The van der Waals surface area contributed by atoms with E-state index in [-0.39, 0.29) is 0 Å². The van der Waals surface area contributed by atoms with Crippen LogP contribution in [0.5, 0.6) is 0 Å². The summed E-state index contributed by atoms with van der Waals surface area (Å²) in [5.74, 6) is 1.66. The summed E-state index contributed by atoms with van der Waals surface area (Å²) in [5, 5.41) is 1.03. The van der Waals surface area contributed by atoms with Gasteiger partial charge in [-0.1, -0.05) is 18.2 Å². The van der Waals surface area contributed by atoms with Gasteiger partial charge in [0.05, 0.1) is 9.26 Å². The van der Waals surface area contributed by atoms with Crippen molar-refractivity contribution >= 4 is 39.4 Å². The maximum atomic E-state index is 5.85. The summed E-state index contributed by atoms with van der Waals surface area (Å²) < 4.78 is 6.60. The van der Waals surface area contributed by atoms with Crippen LogP contribution in [0.3, 0.4) is 0 Å². The molecule has 0 aliphatic rings.